The minimum Gasteiger partial charge on any atom is -0.383 e. The van der Waals surface area contributed by atoms with E-state index in [1.807, 2.05) is 0 Å². The number of rotatable bonds is 9. The molecule has 116 valence electrons. The van der Waals surface area contributed by atoms with Crippen LogP contribution in [0.5, 0.6) is 0 Å². The van der Waals surface area contributed by atoms with Gasteiger partial charge in [0.2, 0.25) is 5.91 Å². The first-order valence-corrected chi connectivity index (χ1v) is 7.82. The molecular formula is C11H25ClN2O4S. The van der Waals surface area contributed by atoms with Crippen molar-refractivity contribution in [1.29, 1.82) is 0 Å². The van der Waals surface area contributed by atoms with Crippen LogP contribution < -0.4 is 5.32 Å². The topological polar surface area (TPSA) is 75.7 Å². The summed E-state index contributed by atoms with van der Waals surface area (Å²) in [6, 6.07) is -0.313. The second-order valence-corrected chi connectivity index (χ2v) is 6.62. The molecule has 0 saturated carbocycles. The summed E-state index contributed by atoms with van der Waals surface area (Å²) >= 11 is 0. The number of carbonyl (C=O) groups excluding carboxylic acids is 1. The van der Waals surface area contributed by atoms with Crippen molar-refractivity contribution < 1.29 is 17.9 Å². The molecule has 0 aromatic rings. The SMILES string of the molecule is CCS(=O)(=O)CC(C)N(C)C(=O)CNCCOC.Cl. The summed E-state index contributed by atoms with van der Waals surface area (Å²) in [7, 11) is 0.151. The lowest BCUT2D eigenvalue weighted by Gasteiger charge is -2.24. The first-order chi connectivity index (χ1) is 8.34. The number of nitrogens with one attached hydrogen (secondary N) is 1. The molecule has 0 aromatic heterocycles. The number of ether oxygens (including phenoxy) is 1. The number of hydrogen-bond acceptors (Lipinski definition) is 5. The highest BCUT2D eigenvalue weighted by Gasteiger charge is 2.20. The van der Waals surface area contributed by atoms with Crippen molar-refractivity contribution in [1.82, 2.24) is 10.2 Å². The fourth-order valence-corrected chi connectivity index (χ4v) is 2.53. The quantitative estimate of drug-likeness (QED) is 0.602. The number of sulfone groups is 1. The zero-order valence-corrected chi connectivity index (χ0v) is 13.6. The zero-order chi connectivity index (χ0) is 14.2. The van der Waals surface area contributed by atoms with Crippen molar-refractivity contribution in [3.05, 3.63) is 0 Å². The summed E-state index contributed by atoms with van der Waals surface area (Å²) in [4.78, 5) is 13.2. The summed E-state index contributed by atoms with van der Waals surface area (Å²) < 4.78 is 27.8. The van der Waals surface area contributed by atoms with Gasteiger partial charge in [0.15, 0.2) is 9.84 Å². The third kappa shape index (κ3) is 9.21. The predicted molar refractivity (Wildman–Crippen MR) is 78.6 cm³/mol. The molecule has 0 aliphatic rings. The van der Waals surface area contributed by atoms with E-state index >= 15 is 0 Å². The third-order valence-corrected chi connectivity index (χ3v) is 4.62. The van der Waals surface area contributed by atoms with Crippen molar-refractivity contribution in [2.24, 2.45) is 0 Å². The molecule has 0 rings (SSSR count). The standard InChI is InChI=1S/C11H24N2O4S.ClH/c1-5-18(15,16)9-10(2)13(3)11(14)8-12-6-7-17-4;/h10,12H,5-9H2,1-4H3;1H. The smallest absolute Gasteiger partial charge is 0.236 e. The Morgan fingerprint density at radius 1 is 1.42 bits per heavy atom. The van der Waals surface area contributed by atoms with Crippen molar-refractivity contribution >= 4 is 28.2 Å². The summed E-state index contributed by atoms with van der Waals surface area (Å²) in [6.07, 6.45) is 0. The second-order valence-electron chi connectivity index (χ2n) is 4.22. The van der Waals surface area contributed by atoms with Crippen LogP contribution in [0.25, 0.3) is 0 Å². The number of nitrogens with zero attached hydrogens (tertiary/aromatic N) is 1. The van der Waals surface area contributed by atoms with E-state index in [2.05, 4.69) is 5.32 Å². The van der Waals surface area contributed by atoms with Crippen LogP contribution in [0.15, 0.2) is 0 Å². The number of halogens is 1. The molecule has 0 heterocycles. The maximum Gasteiger partial charge on any atom is 0.236 e. The van der Waals surface area contributed by atoms with E-state index in [9.17, 15) is 13.2 Å². The monoisotopic (exact) mass is 316 g/mol. The van der Waals surface area contributed by atoms with Crippen LogP contribution in [0.2, 0.25) is 0 Å². The molecule has 0 saturated heterocycles. The van der Waals surface area contributed by atoms with Gasteiger partial charge in [0.1, 0.15) is 0 Å². The lowest BCUT2D eigenvalue weighted by molar-refractivity contribution is -0.130. The number of hydrogen-bond donors (Lipinski definition) is 1. The Kier molecular flexibility index (Phi) is 11.5. The minimum atomic E-state index is -3.06. The number of methoxy groups -OCH3 is 1. The lowest BCUT2D eigenvalue weighted by Crippen LogP contribution is -2.44. The van der Waals surface area contributed by atoms with Gasteiger partial charge >= 0.3 is 0 Å². The molecule has 0 radical (unpaired) electrons. The maximum atomic E-state index is 11.7. The summed E-state index contributed by atoms with van der Waals surface area (Å²) in [5.41, 5.74) is 0. The van der Waals surface area contributed by atoms with Gasteiger partial charge in [0.05, 0.1) is 18.9 Å². The molecule has 0 bridgehead atoms. The van der Waals surface area contributed by atoms with Gasteiger partial charge in [-0.25, -0.2) is 8.42 Å². The molecule has 0 aliphatic heterocycles. The summed E-state index contributed by atoms with van der Waals surface area (Å²) in [6.45, 7) is 4.67. The van der Waals surface area contributed by atoms with Crippen LogP contribution in [0.3, 0.4) is 0 Å². The van der Waals surface area contributed by atoms with Crippen LogP contribution in [-0.4, -0.2) is 70.6 Å². The molecular weight excluding hydrogens is 292 g/mol. The van der Waals surface area contributed by atoms with Crippen molar-refractivity contribution in [2.75, 3.05) is 45.4 Å². The van der Waals surface area contributed by atoms with E-state index < -0.39 is 9.84 Å². The number of likely N-dealkylation sites (N-methyl/N-ethyl adjacent to an activating group) is 1. The van der Waals surface area contributed by atoms with Crippen molar-refractivity contribution in [2.45, 2.75) is 19.9 Å². The molecule has 19 heavy (non-hydrogen) atoms. The average molecular weight is 317 g/mol. The van der Waals surface area contributed by atoms with Crippen molar-refractivity contribution in [3.8, 4) is 0 Å². The van der Waals surface area contributed by atoms with Gasteiger partial charge in [-0.05, 0) is 6.92 Å². The van der Waals surface area contributed by atoms with Gasteiger partial charge in [-0.1, -0.05) is 6.92 Å². The van der Waals surface area contributed by atoms with Crippen LogP contribution in [0.4, 0.5) is 0 Å². The highest BCUT2D eigenvalue weighted by atomic mass is 35.5. The predicted octanol–water partition coefficient (Wildman–Crippen LogP) is -0.0742. The Morgan fingerprint density at radius 2 is 2.00 bits per heavy atom. The number of amides is 1. The normalized spacial score (nSPS) is 12.6. The van der Waals surface area contributed by atoms with E-state index in [0.717, 1.165) is 0 Å². The molecule has 1 unspecified atom stereocenters. The van der Waals surface area contributed by atoms with Crippen LogP contribution >= 0.6 is 12.4 Å². The second kappa shape index (κ2) is 10.4. The Hall–Kier alpha value is -0.370. The summed E-state index contributed by atoms with van der Waals surface area (Å²) in [5, 5.41) is 2.93. The molecule has 0 aliphatic carbocycles. The van der Waals surface area contributed by atoms with Gasteiger partial charge < -0.3 is 15.0 Å². The summed E-state index contributed by atoms with van der Waals surface area (Å²) in [5.74, 6) is -0.0140. The molecule has 0 spiro atoms. The molecule has 1 N–H and O–H groups in total. The first kappa shape index (κ1) is 20.9. The Bertz CT molecular complexity index is 349. The van der Waals surface area contributed by atoms with Gasteiger partial charge in [0, 0.05) is 32.5 Å². The van der Waals surface area contributed by atoms with Crippen LogP contribution in [0.1, 0.15) is 13.8 Å². The van der Waals surface area contributed by atoms with Gasteiger partial charge in [0.25, 0.3) is 0 Å². The number of carbonyl (C=O) groups is 1. The molecule has 1 atom stereocenters. The molecule has 8 heteroatoms. The first-order valence-electron chi connectivity index (χ1n) is 5.99. The van der Waals surface area contributed by atoms with Crippen LogP contribution in [0, 0.1) is 0 Å². The van der Waals surface area contributed by atoms with E-state index in [1.54, 1.807) is 28.0 Å². The Balaban J connectivity index is 0. The Morgan fingerprint density at radius 3 is 2.47 bits per heavy atom. The van der Waals surface area contributed by atoms with E-state index in [-0.39, 0.29) is 42.4 Å². The maximum absolute atomic E-state index is 11.7. The van der Waals surface area contributed by atoms with Gasteiger partial charge in [-0.3, -0.25) is 4.79 Å². The highest BCUT2D eigenvalue weighted by Crippen LogP contribution is 2.01. The molecule has 0 fully saturated rings. The Labute approximate surface area is 122 Å². The fraction of sp³-hybridized carbons (Fsp3) is 0.909. The van der Waals surface area contributed by atoms with Crippen molar-refractivity contribution in [3.63, 3.8) is 0 Å². The van der Waals surface area contributed by atoms with E-state index in [0.29, 0.717) is 13.2 Å². The lowest BCUT2D eigenvalue weighted by atomic mass is 10.3. The van der Waals surface area contributed by atoms with E-state index in [4.69, 9.17) is 4.74 Å². The molecule has 1 amide bonds. The highest BCUT2D eigenvalue weighted by molar-refractivity contribution is 7.91. The van der Waals surface area contributed by atoms with Crippen LogP contribution in [-0.2, 0) is 19.4 Å². The minimum absolute atomic E-state index is 0. The average Bonchev–Trinajstić information content (AvgIpc) is 2.32. The largest absolute Gasteiger partial charge is 0.383 e. The molecule has 0 aromatic carbocycles. The van der Waals surface area contributed by atoms with E-state index in [1.165, 1.54) is 4.90 Å². The zero-order valence-electron chi connectivity index (χ0n) is 12.0. The van der Waals surface area contributed by atoms with Gasteiger partial charge in [-0.15, -0.1) is 12.4 Å². The fourth-order valence-electron chi connectivity index (χ4n) is 1.34. The van der Waals surface area contributed by atoms with Gasteiger partial charge in [-0.2, -0.15) is 0 Å². The third-order valence-electron chi connectivity index (χ3n) is 2.75. The molecule has 6 nitrogen and oxygen atoms in total.